The second-order valence-corrected chi connectivity index (χ2v) is 10.8. The number of carbonyl (C=O) groups excluding carboxylic acids is 7. The van der Waals surface area contributed by atoms with Crippen molar-refractivity contribution in [1.82, 2.24) is 0 Å². The van der Waals surface area contributed by atoms with Crippen LogP contribution in [0.5, 0.6) is 0 Å². The Bertz CT molecular complexity index is 1150. The van der Waals surface area contributed by atoms with Gasteiger partial charge in [0, 0.05) is 48.5 Å². The minimum Gasteiger partial charge on any atom is -0.463 e. The minimum absolute atomic E-state index is 0.498. The zero-order valence-electron chi connectivity index (χ0n) is 27.6. The van der Waals surface area contributed by atoms with Crippen LogP contribution in [-0.4, -0.2) is 123 Å². The Kier molecular flexibility index (Phi) is 15.0. The molecule has 10 atom stereocenters. The highest BCUT2D eigenvalue weighted by Gasteiger charge is 2.57. The lowest BCUT2D eigenvalue weighted by atomic mass is 9.96. The highest BCUT2D eigenvalue weighted by atomic mass is 16.8. The van der Waals surface area contributed by atoms with Crippen LogP contribution in [0, 0.1) is 0 Å². The third-order valence-corrected chi connectivity index (χ3v) is 6.29. The molecular weight excluding hydrogens is 636 g/mol. The van der Waals surface area contributed by atoms with E-state index >= 15 is 0 Å². The molecule has 0 aromatic heterocycles. The van der Waals surface area contributed by atoms with Crippen molar-refractivity contribution in [1.29, 1.82) is 0 Å². The van der Waals surface area contributed by atoms with E-state index in [1.807, 2.05) is 0 Å². The second kappa shape index (κ2) is 17.9. The van der Waals surface area contributed by atoms with Crippen LogP contribution in [0.15, 0.2) is 0 Å². The Hall–Kier alpha value is -3.87. The minimum atomic E-state index is -1.76. The van der Waals surface area contributed by atoms with Gasteiger partial charge in [-0.15, -0.1) is 0 Å². The molecule has 0 radical (unpaired) electrons. The monoisotopic (exact) mass is 678 g/mol. The van der Waals surface area contributed by atoms with Gasteiger partial charge in [0.15, 0.2) is 43.1 Å². The molecule has 0 aromatic rings. The molecule has 18 nitrogen and oxygen atoms in total. The number of hydrogen-bond donors (Lipinski definition) is 0. The first-order valence-corrected chi connectivity index (χ1v) is 14.6. The molecule has 0 unspecified atom stereocenters. The van der Waals surface area contributed by atoms with Gasteiger partial charge in [-0.1, -0.05) is 0 Å². The summed E-state index contributed by atoms with van der Waals surface area (Å²) in [5, 5.41) is 0. The Morgan fingerprint density at radius 2 is 0.809 bits per heavy atom. The first-order valence-electron chi connectivity index (χ1n) is 14.6. The van der Waals surface area contributed by atoms with Gasteiger partial charge in [0.1, 0.15) is 31.5 Å². The average Bonchev–Trinajstić information content (AvgIpc) is 2.91. The van der Waals surface area contributed by atoms with Gasteiger partial charge in [-0.2, -0.15) is 0 Å². The van der Waals surface area contributed by atoms with Crippen molar-refractivity contribution < 1.29 is 85.7 Å². The summed E-state index contributed by atoms with van der Waals surface area (Å²) in [6.45, 7) is 9.81. The predicted octanol–water partition coefficient (Wildman–Crippen LogP) is 0.0311. The Morgan fingerprint density at radius 3 is 1.21 bits per heavy atom. The number of hydrogen-bond acceptors (Lipinski definition) is 18. The maximum absolute atomic E-state index is 12.4. The normalized spacial score (nSPS) is 30.3. The topological polar surface area (TPSA) is 221 Å². The van der Waals surface area contributed by atoms with Gasteiger partial charge < -0.3 is 52.1 Å². The molecule has 18 heteroatoms. The van der Waals surface area contributed by atoms with Crippen LogP contribution < -0.4 is 0 Å². The fourth-order valence-electron chi connectivity index (χ4n) is 4.85. The van der Waals surface area contributed by atoms with Crippen LogP contribution in [-0.2, 0) is 85.7 Å². The molecule has 0 aliphatic carbocycles. The molecule has 0 aromatic carbocycles. The van der Waals surface area contributed by atoms with E-state index in [4.69, 9.17) is 52.1 Å². The van der Waals surface area contributed by atoms with Crippen molar-refractivity contribution >= 4 is 41.8 Å². The molecule has 2 saturated heterocycles. The zero-order valence-corrected chi connectivity index (χ0v) is 27.6. The van der Waals surface area contributed by atoms with Gasteiger partial charge in [-0.3, -0.25) is 33.6 Å². The first-order chi connectivity index (χ1) is 21.9. The summed E-state index contributed by atoms with van der Waals surface area (Å²) < 4.78 is 61.7. The van der Waals surface area contributed by atoms with Gasteiger partial charge in [-0.05, 0) is 13.8 Å². The van der Waals surface area contributed by atoms with Crippen molar-refractivity contribution in [2.45, 2.75) is 130 Å². The molecule has 2 aliphatic heterocycles. The third-order valence-electron chi connectivity index (χ3n) is 6.29. The highest BCUT2D eigenvalue weighted by molar-refractivity contribution is 5.69. The van der Waals surface area contributed by atoms with E-state index in [2.05, 4.69) is 0 Å². The quantitative estimate of drug-likeness (QED) is 0.185. The molecule has 2 heterocycles. The fourth-order valence-corrected chi connectivity index (χ4v) is 4.85. The second-order valence-electron chi connectivity index (χ2n) is 10.8. The van der Waals surface area contributed by atoms with Crippen LogP contribution in [0.2, 0.25) is 0 Å². The van der Waals surface area contributed by atoms with E-state index in [0.29, 0.717) is 0 Å². The molecule has 266 valence electrons. The number of rotatable bonds is 13. The molecule has 2 aliphatic rings. The largest absolute Gasteiger partial charge is 0.463 e. The molecule has 0 spiro atoms. The zero-order chi connectivity index (χ0) is 35.6. The molecule has 47 heavy (non-hydrogen) atoms. The highest BCUT2D eigenvalue weighted by Crippen LogP contribution is 2.35. The van der Waals surface area contributed by atoms with Gasteiger partial charge in [-0.25, -0.2) is 0 Å². The molecule has 2 fully saturated rings. The van der Waals surface area contributed by atoms with Crippen molar-refractivity contribution in [3.63, 3.8) is 0 Å². The SMILES string of the molecule is CC(=O)OC[C@H]1O[C@@H](O[C@H]2[C@H](OC(C)=O)[C@@H](OC(C)=O)[C@@H](OC(C)C)O[C@@H]2COC(C)=O)[C@H](OC(C)=O)[C@@H](OC(C)=O)[C@H]1OC(C)=O. The molecule has 0 amide bonds. The molecule has 0 saturated carbocycles. The lowest BCUT2D eigenvalue weighted by Gasteiger charge is -2.48. The van der Waals surface area contributed by atoms with Gasteiger partial charge in [0.05, 0.1) is 6.10 Å². The summed E-state index contributed by atoms with van der Waals surface area (Å²) in [4.78, 5) is 84.7. The average molecular weight is 679 g/mol. The van der Waals surface area contributed by atoms with Crippen LogP contribution >= 0.6 is 0 Å². The van der Waals surface area contributed by atoms with E-state index in [0.717, 1.165) is 48.5 Å². The predicted molar refractivity (Wildman–Crippen MR) is 149 cm³/mol. The van der Waals surface area contributed by atoms with Crippen molar-refractivity contribution in [3.8, 4) is 0 Å². The Balaban J connectivity index is 2.72. The number of esters is 7. The molecular formula is C29H42O18. The Labute approximate surface area is 270 Å². The smallest absolute Gasteiger partial charge is 0.303 e. The maximum atomic E-state index is 12.4. The van der Waals surface area contributed by atoms with E-state index in [1.54, 1.807) is 13.8 Å². The summed E-state index contributed by atoms with van der Waals surface area (Å²) >= 11 is 0. The summed E-state index contributed by atoms with van der Waals surface area (Å²) in [6, 6.07) is 0. The van der Waals surface area contributed by atoms with Crippen LogP contribution in [0.3, 0.4) is 0 Å². The fraction of sp³-hybridized carbons (Fsp3) is 0.759. The van der Waals surface area contributed by atoms with Gasteiger partial charge in [0.2, 0.25) is 0 Å². The van der Waals surface area contributed by atoms with Crippen LogP contribution in [0.1, 0.15) is 62.3 Å². The summed E-state index contributed by atoms with van der Waals surface area (Å²) in [5.74, 6) is -5.74. The first kappa shape index (κ1) is 39.3. The molecule has 0 N–H and O–H groups in total. The van der Waals surface area contributed by atoms with Gasteiger partial charge >= 0.3 is 41.8 Å². The van der Waals surface area contributed by atoms with E-state index in [9.17, 15) is 33.6 Å². The van der Waals surface area contributed by atoms with Crippen molar-refractivity contribution in [3.05, 3.63) is 0 Å². The molecule has 2 rings (SSSR count). The van der Waals surface area contributed by atoms with Crippen LogP contribution in [0.4, 0.5) is 0 Å². The summed E-state index contributed by atoms with van der Waals surface area (Å²) in [7, 11) is 0. The molecule has 0 bridgehead atoms. The summed E-state index contributed by atoms with van der Waals surface area (Å²) in [5.41, 5.74) is 0. The number of ether oxygens (including phenoxy) is 11. The lowest BCUT2D eigenvalue weighted by molar-refractivity contribution is -0.363. The Morgan fingerprint density at radius 1 is 0.468 bits per heavy atom. The van der Waals surface area contributed by atoms with Crippen LogP contribution in [0.25, 0.3) is 0 Å². The summed E-state index contributed by atoms with van der Waals surface area (Å²) in [6.07, 6.45) is -15.6. The van der Waals surface area contributed by atoms with Gasteiger partial charge in [0.25, 0.3) is 0 Å². The standard InChI is InChI=1S/C29H42O18/c1-12(2)39-28-26(43-18(8)35)25(42-17(7)34)23(21(45-28)11-38-14(4)31)47-29-27(44-19(9)36)24(41-16(6)33)22(40-15(5)32)20(46-29)10-37-13(3)30/h12,20-29H,10-11H2,1-9H3/t20-,21-,22+,23-,24+,25+,26-,27-,28+,29+/m1/s1. The van der Waals surface area contributed by atoms with E-state index < -0.39 is 123 Å². The maximum Gasteiger partial charge on any atom is 0.303 e. The number of carbonyl (C=O) groups is 7. The third kappa shape index (κ3) is 12.3. The van der Waals surface area contributed by atoms with E-state index in [1.165, 1.54) is 0 Å². The van der Waals surface area contributed by atoms with E-state index in [-0.39, 0.29) is 0 Å². The van der Waals surface area contributed by atoms with Crippen molar-refractivity contribution in [2.24, 2.45) is 0 Å². The lowest BCUT2D eigenvalue weighted by Crippen LogP contribution is -2.67. The van der Waals surface area contributed by atoms with Crippen molar-refractivity contribution in [2.75, 3.05) is 13.2 Å².